The van der Waals surface area contributed by atoms with E-state index in [1.165, 1.54) is 0 Å². The van der Waals surface area contributed by atoms with Gasteiger partial charge in [0.05, 0.1) is 14.2 Å². The normalized spacial score (nSPS) is 11.5. The number of anilines is 1. The highest BCUT2D eigenvalue weighted by Gasteiger charge is 2.24. The van der Waals surface area contributed by atoms with Gasteiger partial charge in [-0.05, 0) is 54.3 Å². The molecule has 0 spiro atoms. The first-order chi connectivity index (χ1) is 14.3. The van der Waals surface area contributed by atoms with Crippen LogP contribution < -0.4 is 25.4 Å². The molecule has 0 aliphatic carbocycles. The summed E-state index contributed by atoms with van der Waals surface area (Å²) in [6, 6.07) is 11.2. The Kier molecular flexibility index (Phi) is 8.80. The van der Waals surface area contributed by atoms with Crippen molar-refractivity contribution in [3.05, 3.63) is 53.1 Å². The van der Waals surface area contributed by atoms with Crippen molar-refractivity contribution < 1.29 is 19.1 Å². The van der Waals surface area contributed by atoms with E-state index in [2.05, 4.69) is 16.0 Å². The number of amides is 3. The molecule has 0 radical (unpaired) electrons. The average molecular weight is 434 g/mol. The molecular formula is C22H28ClN3O4. The molecule has 0 aliphatic rings. The number of ether oxygens (including phenoxy) is 2. The van der Waals surface area contributed by atoms with Crippen molar-refractivity contribution in [3.63, 3.8) is 0 Å². The van der Waals surface area contributed by atoms with E-state index >= 15 is 0 Å². The molecule has 30 heavy (non-hydrogen) atoms. The lowest BCUT2D eigenvalue weighted by Crippen LogP contribution is -2.51. The van der Waals surface area contributed by atoms with Crippen molar-refractivity contribution in [1.29, 1.82) is 0 Å². The summed E-state index contributed by atoms with van der Waals surface area (Å²) in [4.78, 5) is 24.9. The summed E-state index contributed by atoms with van der Waals surface area (Å²) in [5.74, 6) is 0.974. The zero-order valence-corrected chi connectivity index (χ0v) is 18.4. The third-order valence-electron chi connectivity index (χ3n) is 4.50. The first-order valence-electron chi connectivity index (χ1n) is 9.65. The lowest BCUT2D eigenvalue weighted by atomic mass is 10.0. The second-order valence-electron chi connectivity index (χ2n) is 7.06. The molecule has 2 rings (SSSR count). The van der Waals surface area contributed by atoms with Crippen molar-refractivity contribution >= 4 is 29.2 Å². The SMILES string of the molecule is COc1ccc(CCNC(=O)C(NC(=O)Nc2ccc(Cl)cc2)C(C)C)cc1OC. The number of rotatable bonds is 9. The quantitative estimate of drug-likeness (QED) is 0.560. The molecule has 8 heteroatoms. The van der Waals surface area contributed by atoms with E-state index in [0.717, 1.165) is 5.56 Å². The predicted octanol–water partition coefficient (Wildman–Crippen LogP) is 3.86. The molecule has 0 fully saturated rings. The van der Waals surface area contributed by atoms with Gasteiger partial charge in [0.1, 0.15) is 6.04 Å². The molecule has 7 nitrogen and oxygen atoms in total. The van der Waals surface area contributed by atoms with Gasteiger partial charge in [0.2, 0.25) is 5.91 Å². The molecule has 2 aromatic carbocycles. The first-order valence-corrected chi connectivity index (χ1v) is 10.0. The Morgan fingerprint density at radius 3 is 2.27 bits per heavy atom. The van der Waals surface area contributed by atoms with E-state index in [-0.39, 0.29) is 11.8 Å². The Morgan fingerprint density at radius 2 is 1.67 bits per heavy atom. The summed E-state index contributed by atoms with van der Waals surface area (Å²) >= 11 is 5.85. The highest BCUT2D eigenvalue weighted by molar-refractivity contribution is 6.30. The second-order valence-corrected chi connectivity index (χ2v) is 7.49. The number of hydrogen-bond acceptors (Lipinski definition) is 4. The number of methoxy groups -OCH3 is 2. The fraction of sp³-hybridized carbons (Fsp3) is 0.364. The fourth-order valence-electron chi connectivity index (χ4n) is 2.85. The van der Waals surface area contributed by atoms with Gasteiger partial charge in [-0.1, -0.05) is 31.5 Å². The summed E-state index contributed by atoms with van der Waals surface area (Å²) in [5.41, 5.74) is 1.59. The van der Waals surface area contributed by atoms with E-state index in [1.54, 1.807) is 38.5 Å². The van der Waals surface area contributed by atoms with Crippen molar-refractivity contribution in [2.45, 2.75) is 26.3 Å². The highest BCUT2D eigenvalue weighted by atomic mass is 35.5. The number of halogens is 1. The van der Waals surface area contributed by atoms with E-state index in [0.29, 0.717) is 35.2 Å². The van der Waals surface area contributed by atoms with Gasteiger partial charge >= 0.3 is 6.03 Å². The molecule has 0 aliphatic heterocycles. The molecule has 1 atom stereocenters. The first kappa shape index (κ1) is 23.3. The van der Waals surface area contributed by atoms with Crippen LogP contribution in [0.3, 0.4) is 0 Å². The van der Waals surface area contributed by atoms with Gasteiger partial charge in [0.25, 0.3) is 0 Å². The number of carbonyl (C=O) groups is 2. The van der Waals surface area contributed by atoms with Gasteiger partial charge in [-0.3, -0.25) is 4.79 Å². The molecule has 3 amide bonds. The summed E-state index contributed by atoms with van der Waals surface area (Å²) in [5, 5.41) is 8.89. The maximum Gasteiger partial charge on any atom is 0.319 e. The molecule has 3 N–H and O–H groups in total. The Morgan fingerprint density at radius 1 is 1.00 bits per heavy atom. The monoisotopic (exact) mass is 433 g/mol. The molecule has 0 aromatic heterocycles. The van der Waals surface area contributed by atoms with Crippen molar-refractivity contribution in [2.75, 3.05) is 26.1 Å². The van der Waals surface area contributed by atoms with Crippen LogP contribution in [0.2, 0.25) is 5.02 Å². The minimum atomic E-state index is -0.664. The minimum absolute atomic E-state index is 0.0814. The van der Waals surface area contributed by atoms with E-state index < -0.39 is 12.1 Å². The van der Waals surface area contributed by atoms with Gasteiger partial charge in [0.15, 0.2) is 11.5 Å². The smallest absolute Gasteiger partial charge is 0.319 e. The lowest BCUT2D eigenvalue weighted by Gasteiger charge is -2.22. The van der Waals surface area contributed by atoms with Gasteiger partial charge < -0.3 is 25.4 Å². The Balaban J connectivity index is 1.89. The number of urea groups is 1. The van der Waals surface area contributed by atoms with E-state index in [1.807, 2.05) is 32.0 Å². The van der Waals surface area contributed by atoms with Crippen LogP contribution in [0, 0.1) is 5.92 Å². The van der Waals surface area contributed by atoms with Crippen LogP contribution in [0.4, 0.5) is 10.5 Å². The largest absolute Gasteiger partial charge is 0.493 e. The molecule has 0 heterocycles. The Labute approximate surface area is 182 Å². The standard InChI is InChI=1S/C22H28ClN3O4/c1-14(2)20(26-22(28)25-17-8-6-16(23)7-9-17)21(27)24-12-11-15-5-10-18(29-3)19(13-15)30-4/h5-10,13-14,20H,11-12H2,1-4H3,(H,24,27)(H2,25,26,28). The second kappa shape index (κ2) is 11.3. The van der Waals surface area contributed by atoms with E-state index in [4.69, 9.17) is 21.1 Å². The van der Waals surface area contributed by atoms with Gasteiger partial charge in [-0.2, -0.15) is 0 Å². The van der Waals surface area contributed by atoms with Gasteiger partial charge in [0, 0.05) is 17.3 Å². The summed E-state index contributed by atoms with van der Waals surface area (Å²) in [6.07, 6.45) is 0.619. The topological polar surface area (TPSA) is 88.7 Å². The summed E-state index contributed by atoms with van der Waals surface area (Å²) in [7, 11) is 3.16. The Bertz CT molecular complexity index is 856. The van der Waals surface area contributed by atoms with Gasteiger partial charge in [-0.25, -0.2) is 4.79 Å². The summed E-state index contributed by atoms with van der Waals surface area (Å²) < 4.78 is 10.5. The molecule has 0 saturated heterocycles. The average Bonchev–Trinajstić information content (AvgIpc) is 2.73. The highest BCUT2D eigenvalue weighted by Crippen LogP contribution is 2.27. The third-order valence-corrected chi connectivity index (χ3v) is 4.75. The van der Waals surface area contributed by atoms with Crippen LogP contribution in [0.1, 0.15) is 19.4 Å². The Hall–Kier alpha value is -2.93. The van der Waals surface area contributed by atoms with E-state index in [9.17, 15) is 9.59 Å². The predicted molar refractivity (Wildman–Crippen MR) is 118 cm³/mol. The number of hydrogen-bond donors (Lipinski definition) is 3. The maximum atomic E-state index is 12.6. The van der Waals surface area contributed by atoms with Crippen LogP contribution in [-0.2, 0) is 11.2 Å². The molecule has 2 aromatic rings. The van der Waals surface area contributed by atoms with Crippen LogP contribution in [0.5, 0.6) is 11.5 Å². The van der Waals surface area contributed by atoms with Gasteiger partial charge in [-0.15, -0.1) is 0 Å². The molecule has 162 valence electrons. The van der Waals surface area contributed by atoms with Crippen molar-refractivity contribution in [1.82, 2.24) is 10.6 Å². The molecular weight excluding hydrogens is 406 g/mol. The van der Waals surface area contributed by atoms with Crippen LogP contribution in [0.15, 0.2) is 42.5 Å². The van der Waals surface area contributed by atoms with Crippen molar-refractivity contribution in [3.8, 4) is 11.5 Å². The van der Waals surface area contributed by atoms with Crippen LogP contribution in [0.25, 0.3) is 0 Å². The van der Waals surface area contributed by atoms with Crippen molar-refractivity contribution in [2.24, 2.45) is 5.92 Å². The van der Waals surface area contributed by atoms with Crippen LogP contribution >= 0.6 is 11.6 Å². The van der Waals surface area contributed by atoms with Crippen LogP contribution in [-0.4, -0.2) is 38.7 Å². The zero-order chi connectivity index (χ0) is 22.1. The molecule has 0 saturated carbocycles. The molecule has 0 bridgehead atoms. The minimum Gasteiger partial charge on any atom is -0.493 e. The summed E-state index contributed by atoms with van der Waals surface area (Å²) in [6.45, 7) is 4.18. The molecule has 1 unspecified atom stereocenters. The fourth-order valence-corrected chi connectivity index (χ4v) is 2.98. The number of nitrogens with one attached hydrogen (secondary N) is 3. The number of benzene rings is 2. The maximum absolute atomic E-state index is 12.6. The lowest BCUT2D eigenvalue weighted by molar-refractivity contribution is -0.123. The number of carbonyl (C=O) groups excluding carboxylic acids is 2. The zero-order valence-electron chi connectivity index (χ0n) is 17.6. The third kappa shape index (κ3) is 6.84.